The highest BCUT2D eigenvalue weighted by Crippen LogP contribution is 2.38. The summed E-state index contributed by atoms with van der Waals surface area (Å²) in [6.07, 6.45) is -1.51. The van der Waals surface area contributed by atoms with E-state index in [9.17, 15) is 21.6 Å². The largest absolute Gasteiger partial charge is 0.418 e. The highest BCUT2D eigenvalue weighted by atomic mass is 79.9. The van der Waals surface area contributed by atoms with Crippen LogP contribution in [0.4, 0.5) is 24.8 Å². The highest BCUT2D eigenvalue weighted by Gasteiger charge is 2.36. The van der Waals surface area contributed by atoms with Gasteiger partial charge < -0.3 is 9.80 Å². The van der Waals surface area contributed by atoms with Crippen molar-refractivity contribution in [3.05, 3.63) is 40.6 Å². The van der Waals surface area contributed by atoms with E-state index in [0.29, 0.717) is 38.2 Å². The number of sulfonamides is 1. The minimum atomic E-state index is -4.71. The SMILES string of the molecule is NS(=O)(=O)c1ccc(N2CCN(c3ncc(Br)cn3)CC2)c(C(F)(F)F)c1. The number of halogens is 4. The van der Waals surface area contributed by atoms with Gasteiger partial charge in [0.1, 0.15) is 0 Å². The Hall–Kier alpha value is -1.92. The number of nitrogens with two attached hydrogens (primary N) is 1. The molecule has 0 bridgehead atoms. The summed E-state index contributed by atoms with van der Waals surface area (Å²) in [6.45, 7) is 1.46. The molecule has 146 valence electrons. The molecule has 0 atom stereocenters. The van der Waals surface area contributed by atoms with E-state index in [4.69, 9.17) is 5.14 Å². The molecule has 0 spiro atoms. The lowest BCUT2D eigenvalue weighted by Crippen LogP contribution is -2.47. The summed E-state index contributed by atoms with van der Waals surface area (Å²) in [5.41, 5.74) is -1.10. The number of alkyl halides is 3. The first-order valence-electron chi connectivity index (χ1n) is 7.77. The van der Waals surface area contributed by atoms with Crippen molar-refractivity contribution >= 4 is 37.6 Å². The fraction of sp³-hybridized carbons (Fsp3) is 0.333. The lowest BCUT2D eigenvalue weighted by atomic mass is 10.1. The summed E-state index contributed by atoms with van der Waals surface area (Å²) < 4.78 is 63.9. The van der Waals surface area contributed by atoms with E-state index in [1.54, 1.807) is 17.3 Å². The standard InChI is InChI=1S/C15H15BrF3N5O2S/c16-10-8-21-14(22-9-10)24-5-3-23(4-6-24)13-2-1-11(27(20,25)26)7-12(13)15(17,18)19/h1-2,7-9H,3-6H2,(H2,20,25,26). The van der Waals surface area contributed by atoms with Crippen LogP contribution in [0, 0.1) is 0 Å². The summed E-state index contributed by atoms with van der Waals surface area (Å²) >= 11 is 3.25. The van der Waals surface area contributed by atoms with E-state index in [0.717, 1.165) is 16.6 Å². The summed E-state index contributed by atoms with van der Waals surface area (Å²) in [4.78, 5) is 11.2. The molecular weight excluding hydrogens is 451 g/mol. The molecule has 7 nitrogen and oxygen atoms in total. The third-order valence-electron chi connectivity index (χ3n) is 4.11. The molecule has 1 fully saturated rings. The second-order valence-corrected chi connectivity index (χ2v) is 8.37. The first kappa shape index (κ1) is 19.8. The first-order chi connectivity index (χ1) is 12.6. The van der Waals surface area contributed by atoms with E-state index < -0.39 is 26.7 Å². The highest BCUT2D eigenvalue weighted by molar-refractivity contribution is 9.10. The first-order valence-corrected chi connectivity index (χ1v) is 10.1. The van der Waals surface area contributed by atoms with Crippen LogP contribution in [0.2, 0.25) is 0 Å². The van der Waals surface area contributed by atoms with Gasteiger partial charge in [0.15, 0.2) is 0 Å². The number of hydrogen-bond acceptors (Lipinski definition) is 6. The van der Waals surface area contributed by atoms with Gasteiger partial charge in [0.25, 0.3) is 0 Å². The molecule has 1 aliphatic rings. The number of aromatic nitrogens is 2. The van der Waals surface area contributed by atoms with Crippen LogP contribution in [-0.4, -0.2) is 44.6 Å². The molecule has 27 heavy (non-hydrogen) atoms. The summed E-state index contributed by atoms with van der Waals surface area (Å²) in [5, 5.41) is 4.96. The molecule has 1 aliphatic heterocycles. The van der Waals surface area contributed by atoms with Gasteiger partial charge in [-0.15, -0.1) is 0 Å². The fourth-order valence-corrected chi connectivity index (χ4v) is 3.56. The van der Waals surface area contributed by atoms with Gasteiger partial charge >= 0.3 is 6.18 Å². The Kier molecular flexibility index (Phi) is 5.32. The number of primary sulfonamides is 1. The van der Waals surface area contributed by atoms with E-state index in [-0.39, 0.29) is 5.69 Å². The van der Waals surface area contributed by atoms with Crippen LogP contribution in [0.15, 0.2) is 40.0 Å². The minimum Gasteiger partial charge on any atom is -0.367 e. The molecule has 1 aromatic heterocycles. The minimum absolute atomic E-state index is 0.0775. The summed E-state index contributed by atoms with van der Waals surface area (Å²) in [7, 11) is -4.23. The number of nitrogens with zero attached hydrogens (tertiary/aromatic N) is 4. The van der Waals surface area contributed by atoms with Crippen LogP contribution in [0.25, 0.3) is 0 Å². The van der Waals surface area contributed by atoms with E-state index >= 15 is 0 Å². The molecule has 2 aromatic rings. The fourth-order valence-electron chi connectivity index (χ4n) is 2.81. The van der Waals surface area contributed by atoms with Crippen molar-refractivity contribution in [1.82, 2.24) is 9.97 Å². The zero-order chi connectivity index (χ0) is 19.8. The normalized spacial score (nSPS) is 15.9. The molecule has 0 saturated carbocycles. The second-order valence-electron chi connectivity index (χ2n) is 5.90. The van der Waals surface area contributed by atoms with Crippen LogP contribution in [-0.2, 0) is 16.2 Å². The van der Waals surface area contributed by atoms with Crippen molar-refractivity contribution in [3.8, 4) is 0 Å². The smallest absolute Gasteiger partial charge is 0.367 e. The van der Waals surface area contributed by atoms with Crippen LogP contribution >= 0.6 is 15.9 Å². The quantitative estimate of drug-likeness (QED) is 0.746. The number of anilines is 2. The lowest BCUT2D eigenvalue weighted by molar-refractivity contribution is -0.137. The average molecular weight is 466 g/mol. The van der Waals surface area contributed by atoms with Gasteiger partial charge in [-0.05, 0) is 34.1 Å². The van der Waals surface area contributed by atoms with Crippen molar-refractivity contribution < 1.29 is 21.6 Å². The second kappa shape index (κ2) is 7.24. The van der Waals surface area contributed by atoms with Gasteiger partial charge in [-0.1, -0.05) is 0 Å². The van der Waals surface area contributed by atoms with Crippen LogP contribution < -0.4 is 14.9 Å². The summed E-state index contributed by atoms with van der Waals surface area (Å²) in [5.74, 6) is 0.499. The van der Waals surface area contributed by atoms with Crippen molar-refractivity contribution in [2.45, 2.75) is 11.1 Å². The van der Waals surface area contributed by atoms with Crippen LogP contribution in [0.1, 0.15) is 5.56 Å². The summed E-state index contributed by atoms with van der Waals surface area (Å²) in [6, 6.07) is 2.81. The number of rotatable bonds is 3. The monoisotopic (exact) mass is 465 g/mol. The van der Waals surface area contributed by atoms with Gasteiger partial charge in [-0.3, -0.25) is 0 Å². The van der Waals surface area contributed by atoms with E-state index in [1.807, 2.05) is 4.90 Å². The lowest BCUT2D eigenvalue weighted by Gasteiger charge is -2.37. The number of benzene rings is 1. The Morgan fingerprint density at radius 3 is 2.11 bits per heavy atom. The van der Waals surface area contributed by atoms with E-state index in [1.165, 1.54) is 0 Å². The van der Waals surface area contributed by atoms with Crippen LogP contribution in [0.5, 0.6) is 0 Å². The third kappa shape index (κ3) is 4.50. The third-order valence-corrected chi connectivity index (χ3v) is 5.43. The van der Waals surface area contributed by atoms with Gasteiger partial charge in [-0.25, -0.2) is 23.5 Å². The van der Waals surface area contributed by atoms with Gasteiger partial charge in [0, 0.05) is 44.3 Å². The number of hydrogen-bond donors (Lipinski definition) is 1. The molecule has 0 amide bonds. The molecule has 1 aromatic carbocycles. The van der Waals surface area contributed by atoms with Crippen molar-refractivity contribution in [3.63, 3.8) is 0 Å². The van der Waals surface area contributed by atoms with Gasteiger partial charge in [-0.2, -0.15) is 13.2 Å². The number of piperazine rings is 1. The van der Waals surface area contributed by atoms with Gasteiger partial charge in [0.05, 0.1) is 14.9 Å². The van der Waals surface area contributed by atoms with Gasteiger partial charge in [0.2, 0.25) is 16.0 Å². The Morgan fingerprint density at radius 1 is 1.04 bits per heavy atom. The molecule has 12 heteroatoms. The zero-order valence-corrected chi connectivity index (χ0v) is 16.2. The average Bonchev–Trinajstić information content (AvgIpc) is 2.60. The molecular formula is C15H15BrF3N5O2S. The molecule has 3 rings (SSSR count). The maximum atomic E-state index is 13.5. The van der Waals surface area contributed by atoms with Crippen molar-refractivity contribution in [2.75, 3.05) is 36.0 Å². The molecule has 0 unspecified atom stereocenters. The molecule has 0 aliphatic carbocycles. The zero-order valence-electron chi connectivity index (χ0n) is 13.8. The molecule has 2 heterocycles. The van der Waals surface area contributed by atoms with E-state index in [2.05, 4.69) is 25.9 Å². The maximum Gasteiger partial charge on any atom is 0.418 e. The van der Waals surface area contributed by atoms with Crippen molar-refractivity contribution in [2.24, 2.45) is 5.14 Å². The predicted molar refractivity (Wildman–Crippen MR) is 97.0 cm³/mol. The van der Waals surface area contributed by atoms with Crippen LogP contribution in [0.3, 0.4) is 0 Å². The molecule has 0 radical (unpaired) electrons. The Morgan fingerprint density at radius 2 is 1.59 bits per heavy atom. The Bertz CT molecular complexity index is 929. The topological polar surface area (TPSA) is 92.4 Å². The Balaban J connectivity index is 1.84. The molecule has 1 saturated heterocycles. The molecule has 2 N–H and O–H groups in total. The maximum absolute atomic E-state index is 13.5. The predicted octanol–water partition coefficient (Wildman–Crippen LogP) is 2.23. The Labute approximate surface area is 162 Å². The van der Waals surface area contributed by atoms with Crippen molar-refractivity contribution in [1.29, 1.82) is 0 Å².